The van der Waals surface area contributed by atoms with Crippen molar-refractivity contribution >= 4 is 40.5 Å². The number of carbonyl (C=O) groups is 1. The molecule has 6 nitrogen and oxygen atoms in total. The molecule has 2 aromatic rings. The van der Waals surface area contributed by atoms with E-state index in [4.69, 9.17) is 14.6 Å². The highest BCUT2D eigenvalue weighted by molar-refractivity contribution is 14.1. The first-order chi connectivity index (χ1) is 12.0. The Bertz CT molecular complexity index is 806. The van der Waals surface area contributed by atoms with Crippen LogP contribution in [0.2, 0.25) is 0 Å². The second-order valence-corrected chi connectivity index (χ2v) is 6.05. The molecule has 2 N–H and O–H groups in total. The van der Waals surface area contributed by atoms with Crippen molar-refractivity contribution in [1.29, 1.82) is 0 Å². The molecular weight excluding hydrogens is 435 g/mol. The number of aromatic carboxylic acids is 1. The van der Waals surface area contributed by atoms with E-state index in [-0.39, 0.29) is 5.56 Å². The quantitative estimate of drug-likeness (QED) is 0.274. The molecule has 0 aliphatic heterocycles. The summed E-state index contributed by atoms with van der Waals surface area (Å²) in [4.78, 5) is 11.0. The van der Waals surface area contributed by atoms with Crippen LogP contribution in [0.15, 0.2) is 54.2 Å². The normalized spacial score (nSPS) is 10.5. The Morgan fingerprint density at radius 3 is 2.88 bits per heavy atom. The van der Waals surface area contributed by atoms with Gasteiger partial charge in [-0.25, -0.2) is 4.79 Å². The van der Waals surface area contributed by atoms with Gasteiger partial charge in [0, 0.05) is 0 Å². The van der Waals surface area contributed by atoms with E-state index in [1.807, 2.05) is 6.07 Å². The van der Waals surface area contributed by atoms with Crippen LogP contribution in [0.25, 0.3) is 0 Å². The summed E-state index contributed by atoms with van der Waals surface area (Å²) >= 11 is 2.16. The Morgan fingerprint density at radius 1 is 1.40 bits per heavy atom. The zero-order valence-corrected chi connectivity index (χ0v) is 15.7. The molecule has 7 heteroatoms. The minimum Gasteiger partial charge on any atom is -0.493 e. The van der Waals surface area contributed by atoms with Gasteiger partial charge in [0.15, 0.2) is 11.5 Å². The molecule has 2 rings (SSSR count). The van der Waals surface area contributed by atoms with E-state index in [1.165, 1.54) is 12.1 Å². The maximum Gasteiger partial charge on any atom is 0.335 e. The lowest BCUT2D eigenvalue weighted by molar-refractivity contribution is 0.0697. The number of nitrogens with one attached hydrogen (secondary N) is 1. The van der Waals surface area contributed by atoms with E-state index in [9.17, 15) is 4.79 Å². The number of carboxylic acid groups (broad SMARTS) is 1. The molecule has 0 bridgehead atoms. The fourth-order valence-corrected chi connectivity index (χ4v) is 2.78. The number of methoxy groups -OCH3 is 1. The topological polar surface area (TPSA) is 80.2 Å². The predicted molar refractivity (Wildman–Crippen MR) is 106 cm³/mol. The molecule has 0 saturated heterocycles. The third-order valence-electron chi connectivity index (χ3n) is 3.11. The zero-order chi connectivity index (χ0) is 18.2. The highest BCUT2D eigenvalue weighted by Gasteiger charge is 2.10. The molecule has 0 spiro atoms. The van der Waals surface area contributed by atoms with Gasteiger partial charge in [0.2, 0.25) is 0 Å². The second-order valence-electron chi connectivity index (χ2n) is 4.89. The lowest BCUT2D eigenvalue weighted by Gasteiger charge is -2.12. The van der Waals surface area contributed by atoms with E-state index in [0.717, 1.165) is 9.13 Å². The van der Waals surface area contributed by atoms with Crippen LogP contribution in [-0.4, -0.2) is 31.0 Å². The summed E-state index contributed by atoms with van der Waals surface area (Å²) in [5, 5.41) is 13.1. The number of anilines is 1. The van der Waals surface area contributed by atoms with Crippen molar-refractivity contribution in [2.75, 3.05) is 19.1 Å². The van der Waals surface area contributed by atoms with Crippen molar-refractivity contribution in [2.45, 2.75) is 0 Å². The Morgan fingerprint density at radius 2 is 2.20 bits per heavy atom. The van der Waals surface area contributed by atoms with Crippen LogP contribution in [-0.2, 0) is 0 Å². The largest absolute Gasteiger partial charge is 0.493 e. The summed E-state index contributed by atoms with van der Waals surface area (Å²) in [6.07, 6.45) is 3.29. The summed E-state index contributed by atoms with van der Waals surface area (Å²) in [6.45, 7) is 4.02. The van der Waals surface area contributed by atoms with Gasteiger partial charge in [-0.3, -0.25) is 5.43 Å². The minimum atomic E-state index is -0.984. The monoisotopic (exact) mass is 452 g/mol. The van der Waals surface area contributed by atoms with E-state index in [1.54, 1.807) is 37.6 Å². The Kier molecular flexibility index (Phi) is 6.81. The Hall–Kier alpha value is -2.55. The number of halogens is 1. The van der Waals surface area contributed by atoms with Gasteiger partial charge >= 0.3 is 5.97 Å². The van der Waals surface area contributed by atoms with E-state index in [0.29, 0.717) is 23.8 Å². The van der Waals surface area contributed by atoms with Crippen LogP contribution < -0.4 is 14.9 Å². The van der Waals surface area contributed by atoms with Crippen molar-refractivity contribution in [3.05, 3.63) is 63.8 Å². The molecule has 25 heavy (non-hydrogen) atoms. The second kappa shape index (κ2) is 9.07. The average Bonchev–Trinajstić information content (AvgIpc) is 2.60. The molecule has 0 heterocycles. The molecule has 2 aromatic carbocycles. The van der Waals surface area contributed by atoms with E-state index >= 15 is 0 Å². The molecular formula is C18H17IN2O4. The fourth-order valence-electron chi connectivity index (χ4n) is 2.00. The summed E-state index contributed by atoms with van der Waals surface area (Å²) in [6, 6.07) is 10.1. The molecule has 0 saturated carbocycles. The van der Waals surface area contributed by atoms with Crippen molar-refractivity contribution in [3.8, 4) is 11.5 Å². The Balaban J connectivity index is 2.15. The van der Waals surface area contributed by atoms with Crippen LogP contribution in [0, 0.1) is 3.57 Å². The van der Waals surface area contributed by atoms with Crippen molar-refractivity contribution in [1.82, 2.24) is 0 Å². The van der Waals surface area contributed by atoms with Gasteiger partial charge in [-0.05, 0) is 58.5 Å². The molecule has 0 aliphatic rings. The number of ether oxygens (including phenoxy) is 2. The molecule has 0 radical (unpaired) electrons. The number of rotatable bonds is 8. The summed E-state index contributed by atoms with van der Waals surface area (Å²) in [5.74, 6) is 0.271. The van der Waals surface area contributed by atoms with Crippen LogP contribution >= 0.6 is 22.6 Å². The summed E-state index contributed by atoms with van der Waals surface area (Å²) in [5.41, 5.74) is 4.41. The lowest BCUT2D eigenvalue weighted by Crippen LogP contribution is -2.00. The lowest BCUT2D eigenvalue weighted by atomic mass is 10.2. The summed E-state index contributed by atoms with van der Waals surface area (Å²) in [7, 11) is 1.57. The first-order valence-corrected chi connectivity index (χ1v) is 8.36. The summed E-state index contributed by atoms with van der Waals surface area (Å²) < 4.78 is 11.8. The molecule has 130 valence electrons. The average molecular weight is 452 g/mol. The SMILES string of the molecule is C=CCOc1c(I)cc(/C=N/Nc2cccc(C(=O)O)c2)cc1OC. The molecule has 0 fully saturated rings. The molecule has 0 unspecified atom stereocenters. The first-order valence-electron chi connectivity index (χ1n) is 7.28. The predicted octanol–water partition coefficient (Wildman–Crippen LogP) is 4.01. The fraction of sp³-hybridized carbons (Fsp3) is 0.111. The number of hydrogen-bond donors (Lipinski definition) is 2. The molecule has 0 aliphatic carbocycles. The van der Waals surface area contributed by atoms with Gasteiger partial charge in [-0.1, -0.05) is 18.7 Å². The van der Waals surface area contributed by atoms with Gasteiger partial charge in [0.25, 0.3) is 0 Å². The van der Waals surface area contributed by atoms with E-state index < -0.39 is 5.97 Å². The Labute approximate surface area is 159 Å². The van der Waals surface area contributed by atoms with Crippen LogP contribution in [0.4, 0.5) is 5.69 Å². The smallest absolute Gasteiger partial charge is 0.335 e. The van der Waals surface area contributed by atoms with Crippen molar-refractivity contribution < 1.29 is 19.4 Å². The number of carboxylic acids is 1. The highest BCUT2D eigenvalue weighted by Crippen LogP contribution is 2.33. The number of hydrogen-bond acceptors (Lipinski definition) is 5. The van der Waals surface area contributed by atoms with Gasteiger partial charge in [-0.2, -0.15) is 5.10 Å². The third kappa shape index (κ3) is 5.21. The first kappa shape index (κ1) is 18.8. The third-order valence-corrected chi connectivity index (χ3v) is 3.92. The van der Waals surface area contributed by atoms with Crippen LogP contribution in [0.1, 0.15) is 15.9 Å². The maximum absolute atomic E-state index is 11.0. The highest BCUT2D eigenvalue weighted by atomic mass is 127. The van der Waals surface area contributed by atoms with Crippen molar-refractivity contribution in [3.63, 3.8) is 0 Å². The van der Waals surface area contributed by atoms with E-state index in [2.05, 4.69) is 39.7 Å². The molecule has 0 aromatic heterocycles. The van der Waals surface area contributed by atoms with Gasteiger partial charge in [-0.15, -0.1) is 0 Å². The van der Waals surface area contributed by atoms with Crippen molar-refractivity contribution in [2.24, 2.45) is 5.10 Å². The van der Waals surface area contributed by atoms with Crippen LogP contribution in [0.5, 0.6) is 11.5 Å². The van der Waals surface area contributed by atoms with Gasteiger partial charge in [0.05, 0.1) is 28.1 Å². The van der Waals surface area contributed by atoms with Gasteiger partial charge in [0.1, 0.15) is 6.61 Å². The molecule has 0 atom stereocenters. The maximum atomic E-state index is 11.0. The standard InChI is InChI=1S/C18H17IN2O4/c1-3-7-25-17-15(19)8-12(9-16(17)24-2)11-20-21-14-6-4-5-13(10-14)18(22)23/h3-6,8-11,21H,1,7H2,2H3,(H,22,23)/b20-11+. The van der Waals surface area contributed by atoms with Crippen LogP contribution in [0.3, 0.4) is 0 Å². The molecule has 0 amide bonds. The minimum absolute atomic E-state index is 0.195. The van der Waals surface area contributed by atoms with Gasteiger partial charge < -0.3 is 14.6 Å². The number of hydrazone groups is 1. The zero-order valence-electron chi connectivity index (χ0n) is 13.5. The number of benzene rings is 2. The number of nitrogens with zero attached hydrogens (tertiary/aromatic N) is 1.